The number of hydrogen-bond donors (Lipinski definition) is 1. The van der Waals surface area contributed by atoms with Gasteiger partial charge in [0.1, 0.15) is 0 Å². The highest BCUT2D eigenvalue weighted by Gasteiger charge is 2.07. The first-order valence-electron chi connectivity index (χ1n) is 6.37. The largest absolute Gasteiger partial charge is 0.493 e. The van der Waals surface area contributed by atoms with Crippen molar-refractivity contribution in [2.45, 2.75) is 0 Å². The van der Waals surface area contributed by atoms with Gasteiger partial charge in [-0.3, -0.25) is 9.78 Å². The Labute approximate surface area is 136 Å². The molecule has 1 aromatic heterocycles. The summed E-state index contributed by atoms with van der Waals surface area (Å²) in [6, 6.07) is 8.83. The van der Waals surface area contributed by atoms with Gasteiger partial charge >= 0.3 is 0 Å². The maximum atomic E-state index is 11.7. The zero-order chi connectivity index (χ0) is 15.8. The number of carbonyl (C=O) groups is 1. The zero-order valence-corrected chi connectivity index (χ0v) is 13.4. The highest BCUT2D eigenvalue weighted by Crippen LogP contribution is 2.29. The number of nitrogens with one attached hydrogen (secondary N) is 1. The van der Waals surface area contributed by atoms with Crippen molar-refractivity contribution in [3.8, 4) is 11.5 Å². The SMILES string of the molecule is COc1cc(Br)ccc1OCC(=O)N/N=C\c1ccncc1. The summed E-state index contributed by atoms with van der Waals surface area (Å²) in [4.78, 5) is 15.6. The van der Waals surface area contributed by atoms with Gasteiger partial charge in [0.2, 0.25) is 0 Å². The van der Waals surface area contributed by atoms with Gasteiger partial charge < -0.3 is 9.47 Å². The van der Waals surface area contributed by atoms with E-state index in [9.17, 15) is 4.79 Å². The van der Waals surface area contributed by atoms with E-state index < -0.39 is 0 Å². The van der Waals surface area contributed by atoms with Crippen LogP contribution in [0.4, 0.5) is 0 Å². The van der Waals surface area contributed by atoms with Gasteiger partial charge in [0, 0.05) is 16.9 Å². The number of aromatic nitrogens is 1. The number of amides is 1. The number of halogens is 1. The fourth-order valence-electron chi connectivity index (χ4n) is 1.56. The van der Waals surface area contributed by atoms with E-state index in [1.54, 1.807) is 42.7 Å². The Morgan fingerprint density at radius 2 is 2.09 bits per heavy atom. The third-order valence-electron chi connectivity index (χ3n) is 2.59. The number of rotatable bonds is 6. The van der Waals surface area contributed by atoms with Crippen LogP contribution in [-0.2, 0) is 4.79 Å². The minimum Gasteiger partial charge on any atom is -0.493 e. The first-order valence-corrected chi connectivity index (χ1v) is 7.16. The fraction of sp³-hybridized carbons (Fsp3) is 0.133. The molecule has 1 heterocycles. The molecular formula is C15H14BrN3O3. The topological polar surface area (TPSA) is 72.8 Å². The number of carbonyl (C=O) groups excluding carboxylic acids is 1. The Kier molecular flexibility index (Phi) is 5.91. The molecule has 0 spiro atoms. The Morgan fingerprint density at radius 3 is 2.82 bits per heavy atom. The van der Waals surface area contributed by atoms with Gasteiger partial charge in [-0.05, 0) is 35.9 Å². The molecule has 0 saturated heterocycles. The lowest BCUT2D eigenvalue weighted by atomic mass is 10.3. The number of hydrazone groups is 1. The summed E-state index contributed by atoms with van der Waals surface area (Å²) in [7, 11) is 1.54. The van der Waals surface area contributed by atoms with Crippen LogP contribution < -0.4 is 14.9 Å². The van der Waals surface area contributed by atoms with Crippen LogP contribution in [0.2, 0.25) is 0 Å². The van der Waals surface area contributed by atoms with E-state index >= 15 is 0 Å². The molecule has 22 heavy (non-hydrogen) atoms. The van der Waals surface area contributed by atoms with Crippen molar-refractivity contribution < 1.29 is 14.3 Å². The quantitative estimate of drug-likeness (QED) is 0.631. The minimum atomic E-state index is -0.365. The van der Waals surface area contributed by atoms with Crippen LogP contribution in [0.15, 0.2) is 52.3 Å². The molecule has 0 fully saturated rings. The second kappa shape index (κ2) is 8.14. The number of pyridine rings is 1. The van der Waals surface area contributed by atoms with Crippen molar-refractivity contribution in [3.63, 3.8) is 0 Å². The third kappa shape index (κ3) is 4.85. The first-order chi connectivity index (χ1) is 10.7. The molecular weight excluding hydrogens is 350 g/mol. The summed E-state index contributed by atoms with van der Waals surface area (Å²) in [5, 5.41) is 3.84. The maximum Gasteiger partial charge on any atom is 0.277 e. The molecule has 0 aliphatic carbocycles. The second-order valence-corrected chi connectivity index (χ2v) is 5.07. The molecule has 6 nitrogen and oxygen atoms in total. The minimum absolute atomic E-state index is 0.161. The molecule has 0 unspecified atom stereocenters. The lowest BCUT2D eigenvalue weighted by molar-refractivity contribution is -0.123. The summed E-state index contributed by atoms with van der Waals surface area (Å²) in [6.07, 6.45) is 4.82. The van der Waals surface area contributed by atoms with Crippen LogP contribution in [0.3, 0.4) is 0 Å². The Hall–Kier alpha value is -2.41. The lowest BCUT2D eigenvalue weighted by Crippen LogP contribution is -2.24. The summed E-state index contributed by atoms with van der Waals surface area (Å²) in [5.41, 5.74) is 3.22. The molecule has 0 aliphatic rings. The van der Waals surface area contributed by atoms with E-state index in [-0.39, 0.29) is 12.5 Å². The Morgan fingerprint density at radius 1 is 1.32 bits per heavy atom. The van der Waals surface area contributed by atoms with Crippen molar-refractivity contribution >= 4 is 28.1 Å². The van der Waals surface area contributed by atoms with Crippen LogP contribution in [0, 0.1) is 0 Å². The van der Waals surface area contributed by atoms with E-state index in [1.165, 1.54) is 13.3 Å². The van der Waals surface area contributed by atoms with Gasteiger partial charge in [0.15, 0.2) is 18.1 Å². The normalized spacial score (nSPS) is 10.5. The zero-order valence-electron chi connectivity index (χ0n) is 11.8. The molecule has 0 atom stereocenters. The molecule has 1 aromatic carbocycles. The van der Waals surface area contributed by atoms with Crippen molar-refractivity contribution in [1.82, 2.24) is 10.4 Å². The van der Waals surface area contributed by atoms with Crippen molar-refractivity contribution in [2.24, 2.45) is 5.10 Å². The summed E-state index contributed by atoms with van der Waals surface area (Å²) in [5.74, 6) is 0.664. The van der Waals surface area contributed by atoms with Gasteiger partial charge in [-0.25, -0.2) is 5.43 Å². The third-order valence-corrected chi connectivity index (χ3v) is 3.09. The van der Waals surface area contributed by atoms with Crippen LogP contribution in [-0.4, -0.2) is 30.8 Å². The number of benzene rings is 1. The number of hydrogen-bond acceptors (Lipinski definition) is 5. The number of ether oxygens (including phenoxy) is 2. The molecule has 0 aliphatic heterocycles. The van der Waals surface area contributed by atoms with Crippen LogP contribution in [0.5, 0.6) is 11.5 Å². The average molecular weight is 364 g/mol. The monoisotopic (exact) mass is 363 g/mol. The van der Waals surface area contributed by atoms with Gasteiger partial charge in [0.05, 0.1) is 13.3 Å². The van der Waals surface area contributed by atoms with Gasteiger partial charge in [-0.1, -0.05) is 15.9 Å². The molecule has 1 amide bonds. The fourth-order valence-corrected chi connectivity index (χ4v) is 1.90. The van der Waals surface area contributed by atoms with E-state index in [0.717, 1.165) is 10.0 Å². The molecule has 0 radical (unpaired) electrons. The first kappa shape index (κ1) is 16.0. The van der Waals surface area contributed by atoms with Crippen LogP contribution in [0.1, 0.15) is 5.56 Å². The molecule has 0 saturated carbocycles. The van der Waals surface area contributed by atoms with Gasteiger partial charge in [-0.2, -0.15) is 5.10 Å². The number of nitrogens with zero attached hydrogens (tertiary/aromatic N) is 2. The predicted molar refractivity (Wildman–Crippen MR) is 86.2 cm³/mol. The van der Waals surface area contributed by atoms with Crippen molar-refractivity contribution in [1.29, 1.82) is 0 Å². The molecule has 1 N–H and O–H groups in total. The summed E-state index contributed by atoms with van der Waals surface area (Å²) in [6.45, 7) is -0.161. The highest BCUT2D eigenvalue weighted by molar-refractivity contribution is 9.10. The van der Waals surface area contributed by atoms with Crippen LogP contribution in [0.25, 0.3) is 0 Å². The highest BCUT2D eigenvalue weighted by atomic mass is 79.9. The Bertz CT molecular complexity index is 662. The van der Waals surface area contributed by atoms with E-state index in [0.29, 0.717) is 11.5 Å². The molecule has 2 rings (SSSR count). The lowest BCUT2D eigenvalue weighted by Gasteiger charge is -2.10. The van der Waals surface area contributed by atoms with E-state index in [1.807, 2.05) is 0 Å². The van der Waals surface area contributed by atoms with E-state index in [4.69, 9.17) is 9.47 Å². The molecule has 2 aromatic rings. The van der Waals surface area contributed by atoms with Crippen molar-refractivity contribution in [3.05, 3.63) is 52.8 Å². The predicted octanol–water partition coefficient (Wildman–Crippen LogP) is 2.38. The summed E-state index contributed by atoms with van der Waals surface area (Å²) >= 11 is 3.34. The summed E-state index contributed by atoms with van der Waals surface area (Å²) < 4.78 is 11.4. The average Bonchev–Trinajstić information content (AvgIpc) is 2.54. The van der Waals surface area contributed by atoms with Gasteiger partial charge in [0.25, 0.3) is 5.91 Å². The smallest absolute Gasteiger partial charge is 0.277 e. The van der Waals surface area contributed by atoms with Crippen LogP contribution >= 0.6 is 15.9 Å². The maximum absolute atomic E-state index is 11.7. The molecule has 0 bridgehead atoms. The molecule has 7 heteroatoms. The standard InChI is InChI=1S/C15H14BrN3O3/c1-21-14-8-12(16)2-3-13(14)22-10-15(20)19-18-9-11-4-6-17-7-5-11/h2-9H,10H2,1H3,(H,19,20)/b18-9-. The second-order valence-electron chi connectivity index (χ2n) is 4.16. The van der Waals surface area contributed by atoms with Crippen molar-refractivity contribution in [2.75, 3.05) is 13.7 Å². The number of methoxy groups -OCH3 is 1. The molecule has 114 valence electrons. The Balaban J connectivity index is 1.84. The van der Waals surface area contributed by atoms with Gasteiger partial charge in [-0.15, -0.1) is 0 Å². The van der Waals surface area contributed by atoms with E-state index in [2.05, 4.69) is 31.4 Å².